The van der Waals surface area contributed by atoms with Gasteiger partial charge in [0.25, 0.3) is 5.56 Å². The maximum Gasteiger partial charge on any atom is 0.304 e. The largest absolute Gasteiger partial charge is 0.481 e. The number of rotatable bonds is 4. The third-order valence-corrected chi connectivity index (χ3v) is 5.67. The Morgan fingerprint density at radius 2 is 2.30 bits per heavy atom. The van der Waals surface area contributed by atoms with Crippen molar-refractivity contribution in [2.45, 2.75) is 30.8 Å². The number of carboxylic acids is 1. The third kappa shape index (κ3) is 2.25. The third-order valence-electron chi connectivity index (χ3n) is 3.45. The molecule has 5 nitrogen and oxygen atoms in total. The van der Waals surface area contributed by atoms with Gasteiger partial charge in [-0.2, -0.15) is 0 Å². The Hall–Kier alpha value is -1.34. The van der Waals surface area contributed by atoms with E-state index in [1.54, 1.807) is 23.0 Å². The quantitative estimate of drug-likeness (QED) is 0.691. The minimum absolute atomic E-state index is 0.00720. The molecular weight excluding hydrogens is 296 g/mol. The standard InChI is InChI=1S/C13H14N2O3S2/c1-15-12(18)10-7-3-2-4-8(7)20-11(10)14-13(15)19-6-5-9(16)17/h2-6H2,1H3,(H,16,17). The molecule has 3 rings (SSSR count). The number of carboxylic acid groups (broad SMARTS) is 1. The molecule has 0 radical (unpaired) electrons. The zero-order valence-electron chi connectivity index (χ0n) is 11.0. The van der Waals surface area contributed by atoms with E-state index in [0.29, 0.717) is 10.9 Å². The van der Waals surface area contributed by atoms with Crippen LogP contribution >= 0.6 is 23.1 Å². The summed E-state index contributed by atoms with van der Waals surface area (Å²) in [5, 5.41) is 10.0. The second kappa shape index (κ2) is 5.21. The van der Waals surface area contributed by atoms with E-state index >= 15 is 0 Å². The van der Waals surface area contributed by atoms with Gasteiger partial charge in [0.2, 0.25) is 0 Å². The van der Waals surface area contributed by atoms with Crippen LogP contribution in [-0.2, 0) is 24.7 Å². The maximum absolute atomic E-state index is 12.5. The molecule has 0 bridgehead atoms. The number of hydrogen-bond donors (Lipinski definition) is 1. The lowest BCUT2D eigenvalue weighted by Gasteiger charge is -2.06. The minimum Gasteiger partial charge on any atom is -0.481 e. The van der Waals surface area contributed by atoms with Crippen LogP contribution in [0.1, 0.15) is 23.3 Å². The van der Waals surface area contributed by atoms with Crippen molar-refractivity contribution in [3.63, 3.8) is 0 Å². The van der Waals surface area contributed by atoms with E-state index in [0.717, 1.165) is 29.5 Å². The predicted octanol–water partition coefficient (Wildman–Crippen LogP) is 2.05. The van der Waals surface area contributed by atoms with Crippen LogP contribution < -0.4 is 5.56 Å². The highest BCUT2D eigenvalue weighted by molar-refractivity contribution is 7.99. The predicted molar refractivity (Wildman–Crippen MR) is 79.9 cm³/mol. The summed E-state index contributed by atoms with van der Waals surface area (Å²) in [6, 6.07) is 0. The number of aromatic nitrogens is 2. The maximum atomic E-state index is 12.5. The van der Waals surface area contributed by atoms with Gasteiger partial charge in [-0.1, -0.05) is 11.8 Å². The number of fused-ring (bicyclic) bond motifs is 3. The summed E-state index contributed by atoms with van der Waals surface area (Å²) in [6.45, 7) is 0. The first kappa shape index (κ1) is 13.6. The molecule has 1 aliphatic carbocycles. The van der Waals surface area contributed by atoms with Crippen LogP contribution in [0, 0.1) is 0 Å². The van der Waals surface area contributed by atoms with Crippen LogP contribution in [0.25, 0.3) is 10.2 Å². The summed E-state index contributed by atoms with van der Waals surface area (Å²) >= 11 is 2.93. The van der Waals surface area contributed by atoms with E-state index in [2.05, 4.69) is 4.98 Å². The smallest absolute Gasteiger partial charge is 0.304 e. The molecule has 0 spiro atoms. The average Bonchev–Trinajstić information content (AvgIpc) is 2.94. The monoisotopic (exact) mass is 310 g/mol. The van der Waals surface area contributed by atoms with Crippen LogP contribution in [0.3, 0.4) is 0 Å². The van der Waals surface area contributed by atoms with E-state index in [9.17, 15) is 9.59 Å². The van der Waals surface area contributed by atoms with Crippen LogP contribution in [0.4, 0.5) is 0 Å². The molecule has 0 atom stereocenters. The molecule has 0 unspecified atom stereocenters. The van der Waals surface area contributed by atoms with Gasteiger partial charge in [-0.15, -0.1) is 11.3 Å². The first-order valence-corrected chi connectivity index (χ1v) is 8.24. The molecule has 106 valence electrons. The molecule has 1 N–H and O–H groups in total. The highest BCUT2D eigenvalue weighted by atomic mass is 32.2. The molecular formula is C13H14N2O3S2. The lowest BCUT2D eigenvalue weighted by atomic mass is 10.2. The fourth-order valence-corrected chi connectivity index (χ4v) is 4.67. The number of thiophene rings is 1. The topological polar surface area (TPSA) is 72.2 Å². The number of carbonyl (C=O) groups is 1. The van der Waals surface area contributed by atoms with Crippen LogP contribution in [0.5, 0.6) is 0 Å². The highest BCUT2D eigenvalue weighted by Gasteiger charge is 2.22. The van der Waals surface area contributed by atoms with E-state index < -0.39 is 5.97 Å². The van der Waals surface area contributed by atoms with Crippen molar-refractivity contribution in [1.29, 1.82) is 0 Å². The Labute approximate surface area is 123 Å². The van der Waals surface area contributed by atoms with E-state index in [1.807, 2.05) is 0 Å². The number of nitrogens with zero attached hydrogens (tertiary/aromatic N) is 2. The average molecular weight is 310 g/mol. The van der Waals surface area contributed by atoms with Crippen molar-refractivity contribution in [3.8, 4) is 0 Å². The Morgan fingerprint density at radius 3 is 3.05 bits per heavy atom. The summed E-state index contributed by atoms with van der Waals surface area (Å²) in [5.74, 6) is -0.412. The molecule has 0 saturated carbocycles. The summed E-state index contributed by atoms with van der Waals surface area (Å²) in [7, 11) is 1.71. The second-order valence-electron chi connectivity index (χ2n) is 4.79. The Morgan fingerprint density at radius 1 is 1.50 bits per heavy atom. The summed E-state index contributed by atoms with van der Waals surface area (Å²) < 4.78 is 1.54. The van der Waals surface area contributed by atoms with Crippen LogP contribution in [0.2, 0.25) is 0 Å². The summed E-state index contributed by atoms with van der Waals surface area (Å²) in [5.41, 5.74) is 1.17. The van der Waals surface area contributed by atoms with Gasteiger partial charge in [-0.05, 0) is 24.8 Å². The molecule has 0 aromatic carbocycles. The highest BCUT2D eigenvalue weighted by Crippen LogP contribution is 2.35. The van der Waals surface area contributed by atoms with Crippen molar-refractivity contribution >= 4 is 39.3 Å². The van der Waals surface area contributed by atoms with Gasteiger partial charge >= 0.3 is 5.97 Å². The van der Waals surface area contributed by atoms with E-state index in [1.165, 1.54) is 22.2 Å². The van der Waals surface area contributed by atoms with Gasteiger partial charge in [-0.3, -0.25) is 14.2 Å². The van der Waals surface area contributed by atoms with Gasteiger partial charge in [0.05, 0.1) is 11.8 Å². The van der Waals surface area contributed by atoms with Gasteiger partial charge in [-0.25, -0.2) is 4.98 Å². The number of hydrogen-bond acceptors (Lipinski definition) is 5. The second-order valence-corrected chi connectivity index (χ2v) is 6.93. The first-order valence-electron chi connectivity index (χ1n) is 6.44. The van der Waals surface area contributed by atoms with E-state index in [-0.39, 0.29) is 12.0 Å². The molecule has 2 aromatic heterocycles. The normalized spacial score (nSPS) is 13.8. The van der Waals surface area contributed by atoms with Crippen molar-refractivity contribution in [1.82, 2.24) is 9.55 Å². The molecule has 0 saturated heterocycles. The fourth-order valence-electron chi connectivity index (χ4n) is 2.46. The Bertz CT molecular complexity index is 748. The lowest BCUT2D eigenvalue weighted by molar-refractivity contribution is -0.136. The molecule has 20 heavy (non-hydrogen) atoms. The van der Waals surface area contributed by atoms with Gasteiger partial charge in [0, 0.05) is 17.7 Å². The SMILES string of the molecule is Cn1c(SCCC(=O)O)nc2sc3c(c2c1=O)CCC3. The molecule has 0 fully saturated rings. The Kier molecular flexibility index (Phi) is 3.55. The number of thioether (sulfide) groups is 1. The molecule has 0 amide bonds. The van der Waals surface area contributed by atoms with Crippen molar-refractivity contribution < 1.29 is 9.90 Å². The van der Waals surface area contributed by atoms with Crippen LogP contribution in [0.15, 0.2) is 9.95 Å². The zero-order valence-corrected chi connectivity index (χ0v) is 12.6. The van der Waals surface area contributed by atoms with Gasteiger partial charge in [0.1, 0.15) is 4.83 Å². The molecule has 2 heterocycles. The first-order chi connectivity index (χ1) is 9.58. The van der Waals surface area contributed by atoms with Gasteiger partial charge < -0.3 is 5.11 Å². The van der Waals surface area contributed by atoms with Crippen molar-refractivity contribution in [2.75, 3.05) is 5.75 Å². The minimum atomic E-state index is -0.835. The lowest BCUT2D eigenvalue weighted by Crippen LogP contribution is -2.20. The summed E-state index contributed by atoms with van der Waals surface area (Å²) in [6.07, 6.45) is 3.20. The zero-order chi connectivity index (χ0) is 14.3. The molecule has 2 aromatic rings. The van der Waals surface area contributed by atoms with Crippen molar-refractivity contribution in [3.05, 3.63) is 20.8 Å². The van der Waals surface area contributed by atoms with Gasteiger partial charge in [0.15, 0.2) is 5.16 Å². The van der Waals surface area contributed by atoms with Crippen molar-refractivity contribution in [2.24, 2.45) is 7.05 Å². The Balaban J connectivity index is 2.01. The molecule has 7 heteroatoms. The fraction of sp³-hybridized carbons (Fsp3) is 0.462. The number of aryl methyl sites for hydroxylation is 2. The van der Waals surface area contributed by atoms with E-state index in [4.69, 9.17) is 5.11 Å². The summed E-state index contributed by atoms with van der Waals surface area (Å²) in [4.78, 5) is 29.7. The molecule has 0 aliphatic heterocycles. The number of aliphatic carboxylic acids is 1. The molecule has 1 aliphatic rings. The van der Waals surface area contributed by atoms with Crippen LogP contribution in [-0.4, -0.2) is 26.4 Å².